The highest BCUT2D eigenvalue weighted by molar-refractivity contribution is 7.22. The van der Waals surface area contributed by atoms with Crippen LogP contribution < -0.4 is 0 Å². The van der Waals surface area contributed by atoms with E-state index in [1.807, 2.05) is 22.7 Å². The molecule has 0 saturated heterocycles. The third-order valence-electron chi connectivity index (χ3n) is 11.6. The topological polar surface area (TPSA) is 40.5 Å². The highest BCUT2D eigenvalue weighted by Gasteiger charge is 2.27. The van der Waals surface area contributed by atoms with Crippen molar-refractivity contribution in [3.05, 3.63) is 92.3 Å². The van der Waals surface area contributed by atoms with Gasteiger partial charge >= 0.3 is 0 Å². The third kappa shape index (κ3) is 6.32. The maximum Gasteiger partial charge on any atom is 0.142 e. The van der Waals surface area contributed by atoms with Crippen LogP contribution in [0.15, 0.2) is 72.8 Å². The SMILES string of the molecule is CCCCc1cc2c(-c3c4ccccc4c(-c4c5cc(CCCC)sc5c(O)c5cc(CCCC)sc45)c4ccccc34)c3sc(CCCC)cc3c(O)c2s1. The smallest absolute Gasteiger partial charge is 0.142 e. The van der Waals surface area contributed by atoms with Crippen molar-refractivity contribution in [1.82, 2.24) is 0 Å². The normalized spacial score (nSPS) is 12.2. The molecule has 5 aromatic carbocycles. The number of phenolic OH excluding ortho intramolecular Hbond substituents is 2. The lowest BCUT2D eigenvalue weighted by molar-refractivity contribution is 0.488. The Balaban J connectivity index is 1.43. The van der Waals surface area contributed by atoms with Crippen molar-refractivity contribution >= 4 is 107 Å². The van der Waals surface area contributed by atoms with Crippen LogP contribution in [0.3, 0.4) is 0 Å². The van der Waals surface area contributed by atoms with E-state index in [-0.39, 0.29) is 0 Å². The molecule has 9 rings (SSSR count). The molecule has 4 aromatic heterocycles. The van der Waals surface area contributed by atoms with Crippen molar-refractivity contribution in [2.75, 3.05) is 0 Å². The molecule has 0 aliphatic carbocycles. The molecule has 6 heteroatoms. The Morgan fingerprint density at radius 1 is 0.357 bits per heavy atom. The molecule has 0 aliphatic rings. The Bertz CT molecular complexity index is 2520. The van der Waals surface area contributed by atoms with Crippen LogP contribution in [-0.2, 0) is 25.7 Å². The van der Waals surface area contributed by atoms with Crippen LogP contribution >= 0.6 is 45.3 Å². The number of hydrogen-bond acceptors (Lipinski definition) is 6. The van der Waals surface area contributed by atoms with E-state index < -0.39 is 0 Å². The zero-order valence-corrected chi connectivity index (χ0v) is 36.2. The van der Waals surface area contributed by atoms with Crippen molar-refractivity contribution < 1.29 is 10.2 Å². The second kappa shape index (κ2) is 15.8. The number of thiophene rings is 4. The third-order valence-corrected chi connectivity index (χ3v) is 16.4. The summed E-state index contributed by atoms with van der Waals surface area (Å²) < 4.78 is 4.40. The van der Waals surface area contributed by atoms with E-state index in [2.05, 4.69) is 100 Å². The number of unbranched alkanes of at least 4 members (excludes halogenated alkanes) is 4. The lowest BCUT2D eigenvalue weighted by atomic mass is 9.84. The molecule has 0 unspecified atom stereocenters. The van der Waals surface area contributed by atoms with E-state index in [0.717, 1.165) is 97.2 Å². The molecule has 286 valence electrons. The van der Waals surface area contributed by atoms with E-state index in [4.69, 9.17) is 0 Å². The molecule has 2 nitrogen and oxygen atoms in total. The second-order valence-corrected chi connectivity index (χ2v) is 20.1. The molecule has 0 amide bonds. The minimum Gasteiger partial charge on any atom is -0.506 e. The largest absolute Gasteiger partial charge is 0.506 e. The number of aromatic hydroxyl groups is 2. The highest BCUT2D eigenvalue weighted by Crippen LogP contribution is 2.56. The van der Waals surface area contributed by atoms with Gasteiger partial charge in [0, 0.05) is 61.6 Å². The summed E-state index contributed by atoms with van der Waals surface area (Å²) in [5.41, 5.74) is 5.03. The van der Waals surface area contributed by atoms with Gasteiger partial charge in [-0.3, -0.25) is 0 Å². The van der Waals surface area contributed by atoms with Crippen molar-refractivity contribution in [2.24, 2.45) is 0 Å². The Hall–Kier alpha value is -3.94. The minimum atomic E-state index is 0.442. The van der Waals surface area contributed by atoms with E-state index in [1.54, 1.807) is 22.7 Å². The fraction of sp³-hybridized carbons (Fsp3) is 0.320. The first-order chi connectivity index (χ1) is 27.4. The van der Waals surface area contributed by atoms with Crippen LogP contribution in [0.5, 0.6) is 11.5 Å². The molecule has 0 fully saturated rings. The van der Waals surface area contributed by atoms with E-state index in [0.29, 0.717) is 11.5 Å². The van der Waals surface area contributed by atoms with Crippen LogP contribution in [0.1, 0.15) is 98.6 Å². The van der Waals surface area contributed by atoms with Gasteiger partial charge in [0.2, 0.25) is 0 Å². The average molecular weight is 811 g/mol. The second-order valence-electron chi connectivity index (χ2n) is 15.5. The molecule has 0 aliphatic heterocycles. The van der Waals surface area contributed by atoms with E-state index in [1.165, 1.54) is 83.5 Å². The first-order valence-corrected chi connectivity index (χ1v) is 24.1. The first kappa shape index (κ1) is 37.6. The van der Waals surface area contributed by atoms with Crippen LogP contribution in [-0.4, -0.2) is 10.2 Å². The molecule has 0 bridgehead atoms. The Morgan fingerprint density at radius 2 is 0.643 bits per heavy atom. The molecule has 9 aromatic rings. The van der Waals surface area contributed by atoms with Crippen LogP contribution in [0.25, 0.3) is 84.1 Å². The summed E-state index contributed by atoms with van der Waals surface area (Å²) >= 11 is 7.31. The van der Waals surface area contributed by atoms with Crippen LogP contribution in [0, 0.1) is 0 Å². The summed E-state index contributed by atoms with van der Waals surface area (Å²) in [5.74, 6) is 0.884. The van der Waals surface area contributed by atoms with Crippen LogP contribution in [0.4, 0.5) is 0 Å². The molecular formula is C50H50O2S4. The standard InChI is InChI=1S/C50H50O2S4/c1-5-9-17-29-25-37-43(47-39(45(51)49(37)55-29)27-31(53-47)19-11-7-3)41-33-21-13-15-23-35(33)42(36-24-16-14-22-34(36)41)44-38-26-30(18-10-6-2)56-50(38)46(52)40-28-32(20-12-8-4)54-48(40)44/h13-16,21-28,51-52H,5-12,17-20H2,1-4H3. The molecular weight excluding hydrogens is 761 g/mol. The van der Waals surface area contributed by atoms with Gasteiger partial charge in [0.05, 0.1) is 9.40 Å². The van der Waals surface area contributed by atoms with Gasteiger partial charge in [-0.05, 0) is 108 Å². The molecule has 2 N–H and O–H groups in total. The number of hydrogen-bond donors (Lipinski definition) is 2. The molecule has 56 heavy (non-hydrogen) atoms. The fourth-order valence-corrected chi connectivity index (χ4v) is 13.6. The Kier molecular flexibility index (Phi) is 10.6. The van der Waals surface area contributed by atoms with Crippen molar-refractivity contribution in [3.8, 4) is 33.8 Å². The molecule has 0 spiro atoms. The van der Waals surface area contributed by atoms with E-state index in [9.17, 15) is 10.2 Å². The minimum absolute atomic E-state index is 0.442. The zero-order chi connectivity index (χ0) is 38.5. The van der Waals surface area contributed by atoms with Gasteiger partial charge < -0.3 is 10.2 Å². The summed E-state index contributed by atoms with van der Waals surface area (Å²) in [4.78, 5) is 5.37. The van der Waals surface area contributed by atoms with Gasteiger partial charge in [0.1, 0.15) is 11.5 Å². The fourth-order valence-electron chi connectivity index (χ4n) is 8.76. The van der Waals surface area contributed by atoms with Gasteiger partial charge in [-0.2, -0.15) is 0 Å². The summed E-state index contributed by atoms with van der Waals surface area (Å²) in [7, 11) is 0. The molecule has 0 radical (unpaired) electrons. The maximum absolute atomic E-state index is 12.0. The van der Waals surface area contributed by atoms with Gasteiger partial charge in [-0.15, -0.1) is 45.3 Å². The van der Waals surface area contributed by atoms with Gasteiger partial charge in [0.25, 0.3) is 0 Å². The number of aryl methyl sites for hydroxylation is 4. The predicted molar refractivity (Wildman–Crippen MR) is 252 cm³/mol. The Labute approximate surface area is 346 Å². The number of phenols is 2. The lowest BCUT2D eigenvalue weighted by Gasteiger charge is -2.20. The molecule has 0 saturated carbocycles. The average Bonchev–Trinajstić information content (AvgIpc) is 4.03. The zero-order valence-electron chi connectivity index (χ0n) is 32.9. The summed E-state index contributed by atoms with van der Waals surface area (Å²) in [6.45, 7) is 9.02. The van der Waals surface area contributed by atoms with Crippen LogP contribution in [0.2, 0.25) is 0 Å². The Morgan fingerprint density at radius 3 is 0.946 bits per heavy atom. The van der Waals surface area contributed by atoms with Crippen molar-refractivity contribution in [2.45, 2.75) is 105 Å². The lowest BCUT2D eigenvalue weighted by Crippen LogP contribution is -1.92. The summed E-state index contributed by atoms with van der Waals surface area (Å²) in [5, 5.41) is 33.3. The predicted octanol–water partition coefficient (Wildman–Crippen LogP) is 17.0. The van der Waals surface area contributed by atoms with Gasteiger partial charge in [-0.1, -0.05) is 102 Å². The highest BCUT2D eigenvalue weighted by atomic mass is 32.1. The molecule has 4 heterocycles. The van der Waals surface area contributed by atoms with Gasteiger partial charge in [0.15, 0.2) is 0 Å². The quantitative estimate of drug-likeness (QED) is 0.107. The number of fused-ring (bicyclic) bond motifs is 6. The first-order valence-electron chi connectivity index (χ1n) is 20.8. The number of rotatable bonds is 14. The summed E-state index contributed by atoms with van der Waals surface area (Å²) in [6.07, 6.45) is 13.2. The monoisotopic (exact) mass is 810 g/mol. The number of benzene rings is 5. The van der Waals surface area contributed by atoms with Crippen molar-refractivity contribution in [3.63, 3.8) is 0 Å². The van der Waals surface area contributed by atoms with E-state index >= 15 is 0 Å². The van der Waals surface area contributed by atoms with Gasteiger partial charge in [-0.25, -0.2) is 0 Å². The van der Waals surface area contributed by atoms with Crippen molar-refractivity contribution in [1.29, 1.82) is 0 Å². The maximum atomic E-state index is 12.0. The molecule has 0 atom stereocenters. The summed E-state index contributed by atoms with van der Waals surface area (Å²) in [6, 6.07) is 27.5.